The molecule has 91 valence electrons. The quantitative estimate of drug-likeness (QED) is 0.695. The first kappa shape index (κ1) is 12.2. The number of unbranched alkanes of at least 4 members (excludes halogenated alkanes) is 2. The highest BCUT2D eigenvalue weighted by Crippen LogP contribution is 2.46. The van der Waals surface area contributed by atoms with E-state index in [0.717, 1.165) is 12.2 Å². The van der Waals surface area contributed by atoms with Crippen LogP contribution >= 0.6 is 0 Å². The SMILES string of the molecule is [CH]=C1N(CCCCC)c2ccccc2C1(C)C. The van der Waals surface area contributed by atoms with Crippen LogP contribution in [0, 0.1) is 6.58 Å². The molecule has 1 aromatic carbocycles. The van der Waals surface area contributed by atoms with Crippen molar-refractivity contribution in [2.24, 2.45) is 0 Å². The monoisotopic (exact) mass is 228 g/mol. The van der Waals surface area contributed by atoms with Crippen LogP contribution in [0.5, 0.6) is 0 Å². The van der Waals surface area contributed by atoms with Gasteiger partial charge in [0, 0.05) is 23.3 Å². The van der Waals surface area contributed by atoms with Gasteiger partial charge in [0.25, 0.3) is 0 Å². The third-order valence-electron chi connectivity index (χ3n) is 3.78. The van der Waals surface area contributed by atoms with E-state index >= 15 is 0 Å². The first-order chi connectivity index (χ1) is 8.09. The summed E-state index contributed by atoms with van der Waals surface area (Å²) in [5.41, 5.74) is 3.62. The zero-order valence-electron chi connectivity index (χ0n) is 11.2. The van der Waals surface area contributed by atoms with E-state index < -0.39 is 0 Å². The minimum atomic E-state index is -0.0250. The molecule has 0 aliphatic carbocycles. The smallest absolute Gasteiger partial charge is 0.0450 e. The van der Waals surface area contributed by atoms with Gasteiger partial charge in [-0.2, -0.15) is 0 Å². The number of allylic oxidation sites excluding steroid dienone is 1. The van der Waals surface area contributed by atoms with E-state index in [1.165, 1.54) is 30.5 Å². The highest BCUT2D eigenvalue weighted by molar-refractivity contribution is 5.69. The third-order valence-corrected chi connectivity index (χ3v) is 3.78. The molecule has 0 spiro atoms. The Labute approximate surface area is 105 Å². The van der Waals surface area contributed by atoms with Gasteiger partial charge in [-0.15, -0.1) is 0 Å². The molecular weight excluding hydrogens is 206 g/mol. The minimum absolute atomic E-state index is 0.0250. The first-order valence-electron chi connectivity index (χ1n) is 6.59. The molecule has 0 fully saturated rings. The zero-order valence-corrected chi connectivity index (χ0v) is 11.2. The number of rotatable bonds is 4. The molecular formula is C16H22N. The topological polar surface area (TPSA) is 3.24 Å². The van der Waals surface area contributed by atoms with Gasteiger partial charge in [0.2, 0.25) is 0 Å². The number of benzene rings is 1. The summed E-state index contributed by atoms with van der Waals surface area (Å²) in [6.07, 6.45) is 3.73. The Morgan fingerprint density at radius 3 is 2.59 bits per heavy atom. The molecule has 0 unspecified atom stereocenters. The van der Waals surface area contributed by atoms with E-state index in [-0.39, 0.29) is 5.41 Å². The maximum atomic E-state index is 6.33. The van der Waals surface area contributed by atoms with Crippen LogP contribution < -0.4 is 4.90 Å². The van der Waals surface area contributed by atoms with Crippen molar-refractivity contribution in [3.05, 3.63) is 42.1 Å². The van der Waals surface area contributed by atoms with Crippen molar-refractivity contribution in [1.29, 1.82) is 0 Å². The molecule has 1 heteroatoms. The molecule has 0 bridgehead atoms. The van der Waals surface area contributed by atoms with Gasteiger partial charge >= 0.3 is 0 Å². The summed E-state index contributed by atoms with van der Waals surface area (Å²) in [6.45, 7) is 14.0. The summed E-state index contributed by atoms with van der Waals surface area (Å²) >= 11 is 0. The van der Waals surface area contributed by atoms with Gasteiger partial charge in [-0.25, -0.2) is 0 Å². The van der Waals surface area contributed by atoms with E-state index in [4.69, 9.17) is 6.58 Å². The van der Waals surface area contributed by atoms with Crippen molar-refractivity contribution in [1.82, 2.24) is 0 Å². The Kier molecular flexibility index (Phi) is 3.28. The van der Waals surface area contributed by atoms with Crippen molar-refractivity contribution in [2.45, 2.75) is 45.4 Å². The lowest BCUT2D eigenvalue weighted by Gasteiger charge is -2.25. The molecule has 0 amide bonds. The van der Waals surface area contributed by atoms with Crippen molar-refractivity contribution in [3.8, 4) is 0 Å². The van der Waals surface area contributed by atoms with Gasteiger partial charge in [0.05, 0.1) is 0 Å². The molecule has 0 saturated heterocycles. The molecule has 1 aliphatic rings. The van der Waals surface area contributed by atoms with E-state index in [0.29, 0.717) is 0 Å². The number of hydrogen-bond acceptors (Lipinski definition) is 1. The molecule has 1 nitrogen and oxygen atoms in total. The summed E-state index contributed by atoms with van der Waals surface area (Å²) in [6, 6.07) is 8.58. The normalized spacial score (nSPS) is 17.4. The maximum absolute atomic E-state index is 6.33. The number of para-hydroxylation sites is 1. The van der Waals surface area contributed by atoms with E-state index in [1.807, 2.05) is 0 Å². The van der Waals surface area contributed by atoms with Crippen LogP contribution in [-0.2, 0) is 5.41 Å². The van der Waals surface area contributed by atoms with Crippen molar-refractivity contribution < 1.29 is 0 Å². The molecule has 1 heterocycles. The Morgan fingerprint density at radius 2 is 1.88 bits per heavy atom. The molecule has 0 atom stereocenters. The zero-order chi connectivity index (χ0) is 12.5. The first-order valence-corrected chi connectivity index (χ1v) is 6.59. The Balaban J connectivity index is 2.27. The Bertz CT molecular complexity index is 417. The highest BCUT2D eigenvalue weighted by atomic mass is 15.2. The van der Waals surface area contributed by atoms with Crippen molar-refractivity contribution in [2.75, 3.05) is 11.4 Å². The summed E-state index contributed by atoms with van der Waals surface area (Å²) in [4.78, 5) is 2.30. The second kappa shape index (κ2) is 4.56. The second-order valence-corrected chi connectivity index (χ2v) is 5.39. The van der Waals surface area contributed by atoms with Crippen molar-refractivity contribution in [3.63, 3.8) is 0 Å². The van der Waals surface area contributed by atoms with Gasteiger partial charge in [0.15, 0.2) is 0 Å². The number of hydrogen-bond donors (Lipinski definition) is 0. The highest BCUT2D eigenvalue weighted by Gasteiger charge is 2.38. The average molecular weight is 228 g/mol. The lowest BCUT2D eigenvalue weighted by molar-refractivity contribution is 0.619. The minimum Gasteiger partial charge on any atom is -0.344 e. The standard InChI is InChI=1S/C16H22N/c1-5-6-9-12-17-13(2)16(3,4)14-10-7-8-11-15(14)17/h2,7-8,10-11H,5-6,9,12H2,1,3-4H3. The van der Waals surface area contributed by atoms with Crippen LogP contribution in [0.3, 0.4) is 0 Å². The maximum Gasteiger partial charge on any atom is 0.0450 e. The van der Waals surface area contributed by atoms with Crippen LogP contribution in [0.1, 0.15) is 45.6 Å². The van der Waals surface area contributed by atoms with Gasteiger partial charge < -0.3 is 4.90 Å². The predicted molar refractivity (Wildman–Crippen MR) is 74.2 cm³/mol. The van der Waals surface area contributed by atoms with Gasteiger partial charge in [-0.1, -0.05) is 51.8 Å². The number of anilines is 1. The van der Waals surface area contributed by atoms with Crippen LogP contribution in [0.4, 0.5) is 5.69 Å². The summed E-state index contributed by atoms with van der Waals surface area (Å²) in [7, 11) is 0. The fraction of sp³-hybridized carbons (Fsp3) is 0.500. The lowest BCUT2D eigenvalue weighted by Crippen LogP contribution is -2.26. The largest absolute Gasteiger partial charge is 0.344 e. The summed E-state index contributed by atoms with van der Waals surface area (Å²) in [5, 5.41) is 0. The fourth-order valence-electron chi connectivity index (χ4n) is 2.60. The lowest BCUT2D eigenvalue weighted by atomic mass is 9.84. The number of fused-ring (bicyclic) bond motifs is 1. The summed E-state index contributed by atoms with van der Waals surface area (Å²) in [5.74, 6) is 0. The molecule has 17 heavy (non-hydrogen) atoms. The van der Waals surface area contributed by atoms with Gasteiger partial charge in [-0.05, 0) is 24.6 Å². The fourth-order valence-corrected chi connectivity index (χ4v) is 2.60. The van der Waals surface area contributed by atoms with Crippen LogP contribution in [0.15, 0.2) is 30.0 Å². The Morgan fingerprint density at radius 1 is 1.18 bits per heavy atom. The third kappa shape index (κ3) is 1.99. The van der Waals surface area contributed by atoms with Gasteiger partial charge in [0.1, 0.15) is 0 Å². The second-order valence-electron chi connectivity index (χ2n) is 5.39. The van der Waals surface area contributed by atoms with E-state index in [2.05, 4.69) is 49.9 Å². The number of nitrogens with zero attached hydrogens (tertiary/aromatic N) is 1. The van der Waals surface area contributed by atoms with Crippen LogP contribution in [-0.4, -0.2) is 6.54 Å². The summed E-state index contributed by atoms with van der Waals surface area (Å²) < 4.78 is 0. The van der Waals surface area contributed by atoms with Crippen LogP contribution in [0.2, 0.25) is 0 Å². The van der Waals surface area contributed by atoms with Gasteiger partial charge in [-0.3, -0.25) is 0 Å². The molecule has 0 N–H and O–H groups in total. The molecule has 1 aliphatic heterocycles. The van der Waals surface area contributed by atoms with Crippen LogP contribution in [0.25, 0.3) is 0 Å². The molecule has 1 radical (unpaired) electrons. The average Bonchev–Trinajstić information content (AvgIpc) is 2.51. The Hall–Kier alpha value is -1.24. The predicted octanol–water partition coefficient (Wildman–Crippen LogP) is 4.29. The van der Waals surface area contributed by atoms with E-state index in [1.54, 1.807) is 0 Å². The molecule has 0 saturated carbocycles. The molecule has 0 aromatic heterocycles. The van der Waals surface area contributed by atoms with Crippen molar-refractivity contribution >= 4 is 5.69 Å². The molecule has 1 aromatic rings. The van der Waals surface area contributed by atoms with E-state index in [9.17, 15) is 0 Å². The molecule has 2 rings (SSSR count).